The lowest BCUT2D eigenvalue weighted by molar-refractivity contribution is 0.0692. The van der Waals surface area contributed by atoms with Gasteiger partial charge >= 0.3 is 5.97 Å². The zero-order valence-electron chi connectivity index (χ0n) is 19.3. The van der Waals surface area contributed by atoms with Crippen LogP contribution in [0, 0.1) is 11.2 Å². The Balaban J connectivity index is 2.28. The summed E-state index contributed by atoms with van der Waals surface area (Å²) < 4.78 is 33.5. The van der Waals surface area contributed by atoms with Crippen molar-refractivity contribution in [3.05, 3.63) is 45.5 Å². The van der Waals surface area contributed by atoms with Crippen molar-refractivity contribution < 1.29 is 28.5 Å². The number of carbonyl (C=O) groups is 1. The van der Waals surface area contributed by atoms with Crippen molar-refractivity contribution in [2.75, 3.05) is 27.4 Å². The molecule has 1 aliphatic heterocycles. The maximum absolute atomic E-state index is 15.4. The largest absolute Gasteiger partial charge is 0.493 e. The number of aromatic nitrogens is 1. The average Bonchev–Trinajstić information content (AvgIpc) is 2.72. The third-order valence-electron chi connectivity index (χ3n) is 5.90. The van der Waals surface area contributed by atoms with Crippen LogP contribution in [0.1, 0.15) is 62.0 Å². The topological polar surface area (TPSA) is 87.0 Å². The Hall–Kier alpha value is -2.87. The van der Waals surface area contributed by atoms with Crippen LogP contribution in [-0.4, -0.2) is 43.1 Å². The van der Waals surface area contributed by atoms with Gasteiger partial charge in [0.05, 0.1) is 19.4 Å². The van der Waals surface area contributed by atoms with E-state index in [0.717, 1.165) is 5.56 Å². The number of aromatic carboxylic acids is 1. The van der Waals surface area contributed by atoms with Crippen LogP contribution in [-0.2, 0) is 4.74 Å². The van der Waals surface area contributed by atoms with Crippen molar-refractivity contribution in [3.8, 4) is 22.8 Å². The van der Waals surface area contributed by atoms with Crippen LogP contribution in [0.5, 0.6) is 11.5 Å². The van der Waals surface area contributed by atoms with Crippen LogP contribution in [0.2, 0.25) is 0 Å². The monoisotopic (exact) mass is 447 g/mol. The number of halogens is 1. The molecule has 2 aromatic rings. The summed E-state index contributed by atoms with van der Waals surface area (Å²) in [4.78, 5) is 24.1. The molecule has 0 bridgehead atoms. The lowest BCUT2D eigenvalue weighted by Gasteiger charge is -2.43. The molecule has 2 heterocycles. The number of fused-ring (bicyclic) bond motifs is 3. The first-order valence-corrected chi connectivity index (χ1v) is 10.5. The number of carboxylic acid groups (broad SMARTS) is 1. The van der Waals surface area contributed by atoms with Gasteiger partial charge in [-0.3, -0.25) is 4.79 Å². The van der Waals surface area contributed by atoms with Gasteiger partial charge in [-0.25, -0.2) is 9.18 Å². The summed E-state index contributed by atoms with van der Waals surface area (Å²) in [5, 5.41) is 9.46. The van der Waals surface area contributed by atoms with E-state index in [-0.39, 0.29) is 23.1 Å². The van der Waals surface area contributed by atoms with Crippen LogP contribution >= 0.6 is 0 Å². The first-order chi connectivity index (χ1) is 15.0. The van der Waals surface area contributed by atoms with Crippen LogP contribution in [0.25, 0.3) is 11.3 Å². The van der Waals surface area contributed by atoms with Crippen LogP contribution < -0.4 is 14.9 Å². The van der Waals surface area contributed by atoms with E-state index in [4.69, 9.17) is 14.2 Å². The zero-order chi connectivity index (χ0) is 23.8. The molecule has 1 aliphatic rings. The Bertz CT molecular complexity index is 1090. The third kappa shape index (κ3) is 4.11. The van der Waals surface area contributed by atoms with E-state index in [9.17, 15) is 14.7 Å². The minimum absolute atomic E-state index is 0.0669. The first kappa shape index (κ1) is 23.8. The smallest absolute Gasteiger partial charge is 0.341 e. The second-order valence-corrected chi connectivity index (χ2v) is 9.13. The number of methoxy groups -OCH3 is 2. The lowest BCUT2D eigenvalue weighted by Crippen LogP contribution is -2.36. The molecule has 2 atom stereocenters. The second kappa shape index (κ2) is 8.94. The van der Waals surface area contributed by atoms with Gasteiger partial charge in [0.1, 0.15) is 5.56 Å². The van der Waals surface area contributed by atoms with E-state index in [2.05, 4.69) is 0 Å². The summed E-state index contributed by atoms with van der Waals surface area (Å²) in [7, 11) is 3.11. The summed E-state index contributed by atoms with van der Waals surface area (Å²) in [6.07, 6.45) is 1.96. The maximum Gasteiger partial charge on any atom is 0.341 e. The van der Waals surface area contributed by atoms with Gasteiger partial charge < -0.3 is 23.9 Å². The number of hydrogen-bond donors (Lipinski definition) is 1. The van der Waals surface area contributed by atoms with Gasteiger partial charge in [-0.1, -0.05) is 27.7 Å². The van der Waals surface area contributed by atoms with E-state index in [1.54, 1.807) is 17.7 Å². The third-order valence-corrected chi connectivity index (χ3v) is 5.90. The normalized spacial score (nSPS) is 17.5. The number of carboxylic acids is 1. The fourth-order valence-electron chi connectivity index (χ4n) is 4.62. The molecule has 1 aromatic heterocycles. The van der Waals surface area contributed by atoms with E-state index in [1.165, 1.54) is 13.3 Å². The molecule has 174 valence electrons. The van der Waals surface area contributed by atoms with E-state index in [0.29, 0.717) is 36.7 Å². The molecule has 0 aliphatic carbocycles. The Morgan fingerprint density at radius 3 is 2.44 bits per heavy atom. The maximum atomic E-state index is 15.4. The Labute approximate surface area is 186 Å². The highest BCUT2D eigenvalue weighted by molar-refractivity contribution is 5.88. The highest BCUT2D eigenvalue weighted by Crippen LogP contribution is 2.52. The van der Waals surface area contributed by atoms with Crippen molar-refractivity contribution in [1.29, 1.82) is 0 Å². The molecule has 0 saturated carbocycles. The zero-order valence-corrected chi connectivity index (χ0v) is 19.3. The van der Waals surface area contributed by atoms with E-state index in [1.807, 2.05) is 33.8 Å². The van der Waals surface area contributed by atoms with Crippen molar-refractivity contribution in [2.45, 2.75) is 46.1 Å². The van der Waals surface area contributed by atoms with Gasteiger partial charge in [-0.15, -0.1) is 0 Å². The highest BCUT2D eigenvalue weighted by Gasteiger charge is 2.40. The van der Waals surface area contributed by atoms with Crippen molar-refractivity contribution in [1.82, 2.24) is 4.57 Å². The highest BCUT2D eigenvalue weighted by atomic mass is 19.1. The summed E-state index contributed by atoms with van der Waals surface area (Å²) in [5.41, 5.74) is -0.698. The molecule has 0 spiro atoms. The predicted molar refractivity (Wildman–Crippen MR) is 119 cm³/mol. The molecule has 0 unspecified atom stereocenters. The standard InChI is InChI=1S/C24H30FNO6/c1-13-14-10-18(32-9-7-8-30-5)17(31-6)11-15(14)20-19(25)21(27)16(23(28)29)12-26(20)22(13)24(2,3)4/h10-13,22H,7-9H2,1-6H3,(H,28,29)/t13-,22+/m0/s1. The molecule has 3 rings (SSSR count). The van der Waals surface area contributed by atoms with Gasteiger partial charge in [0.15, 0.2) is 17.3 Å². The molecule has 1 aromatic carbocycles. The minimum atomic E-state index is -1.45. The molecule has 32 heavy (non-hydrogen) atoms. The number of nitrogens with zero attached hydrogens (tertiary/aromatic N) is 1. The molecular weight excluding hydrogens is 417 g/mol. The van der Waals surface area contributed by atoms with Crippen LogP contribution in [0.4, 0.5) is 4.39 Å². The Morgan fingerprint density at radius 2 is 1.88 bits per heavy atom. The Kier molecular flexibility index (Phi) is 6.64. The van der Waals surface area contributed by atoms with Gasteiger partial charge in [-0.2, -0.15) is 0 Å². The molecule has 0 fully saturated rings. The second-order valence-electron chi connectivity index (χ2n) is 9.13. The number of ether oxygens (including phenoxy) is 3. The number of pyridine rings is 1. The summed E-state index contributed by atoms with van der Waals surface area (Å²) in [6, 6.07) is 3.20. The van der Waals surface area contributed by atoms with E-state index >= 15 is 4.39 Å². The van der Waals surface area contributed by atoms with Crippen LogP contribution in [0.3, 0.4) is 0 Å². The molecule has 7 nitrogen and oxygen atoms in total. The number of rotatable bonds is 7. The Morgan fingerprint density at radius 1 is 1.19 bits per heavy atom. The van der Waals surface area contributed by atoms with Crippen LogP contribution in [0.15, 0.2) is 23.1 Å². The summed E-state index contributed by atoms with van der Waals surface area (Å²) >= 11 is 0. The van der Waals surface area contributed by atoms with Crippen molar-refractivity contribution in [3.63, 3.8) is 0 Å². The van der Waals surface area contributed by atoms with Crippen molar-refractivity contribution >= 4 is 5.97 Å². The molecule has 8 heteroatoms. The number of benzene rings is 1. The van der Waals surface area contributed by atoms with Gasteiger partial charge in [-0.05, 0) is 23.1 Å². The fraction of sp³-hybridized carbons (Fsp3) is 0.500. The summed E-state index contributed by atoms with van der Waals surface area (Å²) in [6.45, 7) is 9.01. The SMILES string of the molecule is COCCCOc1cc2c(cc1OC)-c1c(F)c(=O)c(C(=O)O)cn1[C@@H](C(C)(C)C)[C@H]2C. The summed E-state index contributed by atoms with van der Waals surface area (Å²) in [5.74, 6) is -1.72. The molecule has 1 N–H and O–H groups in total. The fourth-order valence-corrected chi connectivity index (χ4v) is 4.62. The van der Waals surface area contributed by atoms with E-state index < -0.39 is 22.8 Å². The molecular formula is C24H30FNO6. The molecule has 0 amide bonds. The quantitative estimate of drug-likeness (QED) is 0.630. The van der Waals surface area contributed by atoms with Gasteiger partial charge in [0, 0.05) is 43.9 Å². The molecule has 0 radical (unpaired) electrons. The van der Waals surface area contributed by atoms with Gasteiger partial charge in [0.2, 0.25) is 5.43 Å². The average molecular weight is 448 g/mol. The lowest BCUT2D eigenvalue weighted by atomic mass is 9.72. The van der Waals surface area contributed by atoms with Crippen molar-refractivity contribution in [2.24, 2.45) is 5.41 Å². The predicted octanol–water partition coefficient (Wildman–Crippen LogP) is 4.48. The molecule has 0 saturated heterocycles. The number of hydrogen-bond acceptors (Lipinski definition) is 5. The first-order valence-electron chi connectivity index (χ1n) is 10.5. The minimum Gasteiger partial charge on any atom is -0.493 e. The van der Waals surface area contributed by atoms with Gasteiger partial charge in [0.25, 0.3) is 0 Å².